The topological polar surface area (TPSA) is 85.9 Å². The molecule has 7 nitrogen and oxygen atoms in total. The van der Waals surface area contributed by atoms with Crippen LogP contribution in [0.3, 0.4) is 0 Å². The predicted octanol–water partition coefficient (Wildman–Crippen LogP) is 3.45. The van der Waals surface area contributed by atoms with E-state index in [0.717, 1.165) is 0 Å². The van der Waals surface area contributed by atoms with Gasteiger partial charge in [0.2, 0.25) is 5.75 Å². The van der Waals surface area contributed by atoms with Gasteiger partial charge >= 0.3 is 0 Å². The summed E-state index contributed by atoms with van der Waals surface area (Å²) in [5.41, 5.74) is 1.66. The Morgan fingerprint density at radius 2 is 1.48 bits per heavy atom. The summed E-state index contributed by atoms with van der Waals surface area (Å²) in [6, 6.07) is 10.1. The summed E-state index contributed by atoms with van der Waals surface area (Å²) in [5, 5.41) is 2.80. The van der Waals surface area contributed by atoms with Gasteiger partial charge in [-0.25, -0.2) is 4.21 Å². The number of hydrogen-bond acceptors (Lipinski definition) is 5. The third-order valence-corrected chi connectivity index (χ3v) is 5.01. The van der Waals surface area contributed by atoms with Crippen LogP contribution >= 0.6 is 0 Å². The van der Waals surface area contributed by atoms with Gasteiger partial charge in [-0.2, -0.15) is 0 Å². The largest absolute Gasteiger partial charge is 0.493 e. The summed E-state index contributed by atoms with van der Waals surface area (Å²) >= 11 is 0. The first-order chi connectivity index (χ1) is 12.9. The van der Waals surface area contributed by atoms with E-state index in [1.54, 1.807) is 36.4 Å². The number of methoxy groups -OCH3 is 3. The number of amides is 1. The Labute approximate surface area is 161 Å². The maximum Gasteiger partial charge on any atom is 0.255 e. The Bertz CT molecular complexity index is 796. The Hall–Kier alpha value is -2.74. The molecule has 2 rings (SSSR count). The molecule has 0 aliphatic heterocycles. The molecule has 27 heavy (non-hydrogen) atoms. The second-order valence-electron chi connectivity index (χ2n) is 5.89. The third kappa shape index (κ3) is 5.13. The summed E-state index contributed by atoms with van der Waals surface area (Å²) in [5.74, 6) is 1.05. The average molecular weight is 392 g/mol. The van der Waals surface area contributed by atoms with E-state index in [0.29, 0.717) is 34.2 Å². The fraction of sp³-hybridized carbons (Fsp3) is 0.316. The summed E-state index contributed by atoms with van der Waals surface area (Å²) in [4.78, 5) is 12.5. The molecule has 0 aromatic heterocycles. The summed E-state index contributed by atoms with van der Waals surface area (Å²) in [7, 11) is 3.36. The highest BCUT2D eigenvalue weighted by Crippen LogP contribution is 2.40. The van der Waals surface area contributed by atoms with Crippen molar-refractivity contribution < 1.29 is 23.2 Å². The van der Waals surface area contributed by atoms with Crippen LogP contribution in [0.4, 0.5) is 11.4 Å². The molecule has 0 radical (unpaired) electrons. The summed E-state index contributed by atoms with van der Waals surface area (Å²) < 4.78 is 30.6. The second kappa shape index (κ2) is 9.27. The van der Waals surface area contributed by atoms with Gasteiger partial charge in [-0.1, -0.05) is 0 Å². The molecule has 1 amide bonds. The van der Waals surface area contributed by atoms with Gasteiger partial charge in [0, 0.05) is 34.3 Å². The maximum absolute atomic E-state index is 12.5. The number of anilines is 2. The van der Waals surface area contributed by atoms with Crippen LogP contribution in [0.1, 0.15) is 24.2 Å². The van der Waals surface area contributed by atoms with E-state index in [-0.39, 0.29) is 11.2 Å². The van der Waals surface area contributed by atoms with Crippen molar-refractivity contribution in [3.8, 4) is 17.2 Å². The minimum Gasteiger partial charge on any atom is -0.493 e. The van der Waals surface area contributed by atoms with E-state index in [1.165, 1.54) is 21.3 Å². The Morgan fingerprint density at radius 3 is 1.93 bits per heavy atom. The molecule has 0 heterocycles. The van der Waals surface area contributed by atoms with Crippen LogP contribution in [0.25, 0.3) is 0 Å². The van der Waals surface area contributed by atoms with E-state index in [2.05, 4.69) is 10.0 Å². The van der Waals surface area contributed by atoms with E-state index >= 15 is 0 Å². The lowest BCUT2D eigenvalue weighted by atomic mass is 10.2. The number of hydrogen-bond donors (Lipinski definition) is 2. The Kier molecular flexibility index (Phi) is 7.06. The molecule has 0 spiro atoms. The molecule has 0 aliphatic carbocycles. The van der Waals surface area contributed by atoms with Gasteiger partial charge in [0.05, 0.1) is 21.3 Å². The van der Waals surface area contributed by atoms with Crippen molar-refractivity contribution >= 4 is 28.3 Å². The van der Waals surface area contributed by atoms with E-state index in [4.69, 9.17) is 14.2 Å². The van der Waals surface area contributed by atoms with Crippen LogP contribution in [0.5, 0.6) is 17.2 Å². The van der Waals surface area contributed by atoms with Gasteiger partial charge in [0.25, 0.3) is 5.91 Å². The molecule has 0 fully saturated rings. The Balaban J connectivity index is 2.16. The van der Waals surface area contributed by atoms with Crippen LogP contribution in [0, 0.1) is 0 Å². The van der Waals surface area contributed by atoms with Crippen molar-refractivity contribution in [1.29, 1.82) is 0 Å². The van der Waals surface area contributed by atoms with Gasteiger partial charge in [-0.3, -0.25) is 4.79 Å². The third-order valence-electron chi connectivity index (χ3n) is 3.72. The molecule has 2 aromatic carbocycles. The smallest absolute Gasteiger partial charge is 0.255 e. The second-order valence-corrected chi connectivity index (χ2v) is 7.64. The van der Waals surface area contributed by atoms with Crippen molar-refractivity contribution in [2.24, 2.45) is 0 Å². The zero-order valence-corrected chi connectivity index (χ0v) is 16.8. The molecule has 0 saturated heterocycles. The average Bonchev–Trinajstić information content (AvgIpc) is 2.67. The number of benzene rings is 2. The van der Waals surface area contributed by atoms with Crippen LogP contribution in [0.15, 0.2) is 36.4 Å². The molecule has 8 heteroatoms. The lowest BCUT2D eigenvalue weighted by Gasteiger charge is -2.14. The highest BCUT2D eigenvalue weighted by atomic mass is 32.2. The molecule has 0 saturated carbocycles. The number of rotatable bonds is 8. The summed E-state index contributed by atoms with van der Waals surface area (Å²) in [6.07, 6.45) is 0. The van der Waals surface area contributed by atoms with E-state index in [9.17, 15) is 9.00 Å². The highest BCUT2D eigenvalue weighted by molar-refractivity contribution is 7.86. The molecule has 1 unspecified atom stereocenters. The SMILES string of the molecule is COc1cc(NC(=O)c2ccc(NS(=O)C(C)C)cc2)cc(OC)c1OC. The van der Waals surface area contributed by atoms with Gasteiger partial charge in [0.1, 0.15) is 11.0 Å². The molecular formula is C19H24N2O5S. The minimum absolute atomic E-state index is 0.00647. The molecule has 2 N–H and O–H groups in total. The standard InChI is InChI=1S/C19H24N2O5S/c1-12(2)27(23)21-14-8-6-13(7-9-14)19(22)20-15-10-16(24-3)18(26-5)17(11-15)25-4/h6-12,21H,1-5H3,(H,20,22). The lowest BCUT2D eigenvalue weighted by molar-refractivity contribution is 0.102. The minimum atomic E-state index is -1.17. The van der Waals surface area contributed by atoms with Crippen LogP contribution in [-0.2, 0) is 11.0 Å². The van der Waals surface area contributed by atoms with Crippen molar-refractivity contribution in [2.45, 2.75) is 19.1 Å². The van der Waals surface area contributed by atoms with Crippen molar-refractivity contribution in [3.63, 3.8) is 0 Å². The van der Waals surface area contributed by atoms with Gasteiger partial charge < -0.3 is 24.2 Å². The van der Waals surface area contributed by atoms with E-state index < -0.39 is 11.0 Å². The normalized spacial score (nSPS) is 11.6. The predicted molar refractivity (Wildman–Crippen MR) is 107 cm³/mol. The fourth-order valence-corrected chi connectivity index (χ4v) is 2.88. The molecule has 146 valence electrons. The zero-order valence-electron chi connectivity index (χ0n) is 16.0. The monoisotopic (exact) mass is 392 g/mol. The van der Waals surface area contributed by atoms with Crippen molar-refractivity contribution in [3.05, 3.63) is 42.0 Å². The number of carbonyl (C=O) groups excluding carboxylic acids is 1. The van der Waals surface area contributed by atoms with Gasteiger partial charge in [-0.15, -0.1) is 0 Å². The molecular weight excluding hydrogens is 368 g/mol. The molecule has 0 bridgehead atoms. The summed E-state index contributed by atoms with van der Waals surface area (Å²) in [6.45, 7) is 3.73. The van der Waals surface area contributed by atoms with E-state index in [1.807, 2.05) is 13.8 Å². The van der Waals surface area contributed by atoms with Gasteiger partial charge in [-0.05, 0) is 38.1 Å². The first-order valence-corrected chi connectivity index (χ1v) is 9.49. The lowest BCUT2D eigenvalue weighted by Crippen LogP contribution is -2.15. The maximum atomic E-state index is 12.5. The molecule has 1 atom stereocenters. The molecule has 2 aromatic rings. The van der Waals surface area contributed by atoms with Gasteiger partial charge in [0.15, 0.2) is 11.5 Å². The first kappa shape index (κ1) is 20.6. The highest BCUT2D eigenvalue weighted by Gasteiger charge is 2.15. The van der Waals surface area contributed by atoms with Crippen LogP contribution in [-0.4, -0.2) is 36.7 Å². The number of ether oxygens (including phenoxy) is 3. The number of nitrogens with one attached hydrogen (secondary N) is 2. The van der Waals surface area contributed by atoms with Crippen molar-refractivity contribution in [2.75, 3.05) is 31.4 Å². The number of carbonyl (C=O) groups is 1. The first-order valence-electron chi connectivity index (χ1n) is 8.28. The fourth-order valence-electron chi connectivity index (χ4n) is 2.28. The molecule has 0 aliphatic rings. The zero-order chi connectivity index (χ0) is 20.0. The van der Waals surface area contributed by atoms with Crippen molar-refractivity contribution in [1.82, 2.24) is 0 Å². The quantitative estimate of drug-likeness (QED) is 0.719. The van der Waals surface area contributed by atoms with Crippen LogP contribution < -0.4 is 24.2 Å². The Morgan fingerprint density at radius 1 is 0.926 bits per heavy atom. The van der Waals surface area contributed by atoms with Crippen LogP contribution in [0.2, 0.25) is 0 Å².